The molecule has 9 aromatic rings. The van der Waals surface area contributed by atoms with E-state index in [9.17, 15) is 0 Å². The van der Waals surface area contributed by atoms with Gasteiger partial charge in [-0.05, 0) is 88.1 Å². The van der Waals surface area contributed by atoms with Crippen molar-refractivity contribution in [2.24, 2.45) is 0 Å². The van der Waals surface area contributed by atoms with Crippen molar-refractivity contribution in [3.63, 3.8) is 0 Å². The molecular weight excluding hydrogens is 560 g/mol. The molecule has 0 aliphatic heterocycles. The van der Waals surface area contributed by atoms with Gasteiger partial charge in [-0.3, -0.25) is 4.98 Å². The molecule has 0 unspecified atom stereocenters. The number of rotatable bonds is 5. The first-order valence-electron chi connectivity index (χ1n) is 15.5. The lowest BCUT2D eigenvalue weighted by Gasteiger charge is -2.28. The van der Waals surface area contributed by atoms with Gasteiger partial charge in [0.1, 0.15) is 11.2 Å². The largest absolute Gasteiger partial charge is 0.455 e. The Bertz CT molecular complexity index is 2540. The summed E-state index contributed by atoms with van der Waals surface area (Å²) in [7, 11) is 0. The molecule has 0 radical (unpaired) electrons. The van der Waals surface area contributed by atoms with E-state index < -0.39 is 0 Å². The fraction of sp³-hybridized carbons (Fsp3) is 0. The molecule has 0 fully saturated rings. The number of nitrogens with zero attached hydrogens (tertiary/aromatic N) is 2. The zero-order chi connectivity index (χ0) is 30.5. The zero-order valence-corrected chi connectivity index (χ0v) is 25.0. The van der Waals surface area contributed by atoms with Crippen molar-refractivity contribution in [1.82, 2.24) is 4.98 Å². The highest BCUT2D eigenvalue weighted by Gasteiger charge is 2.20. The summed E-state index contributed by atoms with van der Waals surface area (Å²) < 4.78 is 6.47. The van der Waals surface area contributed by atoms with Crippen LogP contribution in [-0.2, 0) is 0 Å². The minimum absolute atomic E-state index is 0.857. The zero-order valence-electron chi connectivity index (χ0n) is 25.0. The molecule has 0 aliphatic rings. The van der Waals surface area contributed by atoms with Crippen molar-refractivity contribution in [3.05, 3.63) is 170 Å². The summed E-state index contributed by atoms with van der Waals surface area (Å²) in [4.78, 5) is 6.93. The average molecular weight is 589 g/mol. The molecule has 0 atom stereocenters. The van der Waals surface area contributed by atoms with E-state index in [1.807, 2.05) is 12.3 Å². The molecule has 0 aliphatic carbocycles. The second-order valence-corrected chi connectivity index (χ2v) is 11.6. The fourth-order valence-corrected chi connectivity index (χ4v) is 6.75. The first-order valence-corrected chi connectivity index (χ1v) is 15.5. The number of aromatic nitrogens is 1. The van der Waals surface area contributed by atoms with Gasteiger partial charge in [-0.15, -0.1) is 0 Å². The van der Waals surface area contributed by atoms with E-state index in [-0.39, 0.29) is 0 Å². The van der Waals surface area contributed by atoms with Gasteiger partial charge in [0.2, 0.25) is 0 Å². The van der Waals surface area contributed by atoms with Crippen LogP contribution in [0.25, 0.3) is 65.9 Å². The number of benzene rings is 7. The number of anilines is 3. The third-order valence-electron chi connectivity index (χ3n) is 8.90. The maximum atomic E-state index is 6.47. The first kappa shape index (κ1) is 26.2. The predicted molar refractivity (Wildman–Crippen MR) is 192 cm³/mol. The highest BCUT2D eigenvalue weighted by molar-refractivity contribution is 6.15. The maximum Gasteiger partial charge on any atom is 0.144 e. The minimum atomic E-state index is 0.857. The number of hydrogen-bond acceptors (Lipinski definition) is 3. The number of pyridine rings is 1. The lowest BCUT2D eigenvalue weighted by atomic mass is 9.96. The van der Waals surface area contributed by atoms with Crippen LogP contribution < -0.4 is 4.90 Å². The Morgan fingerprint density at radius 1 is 0.457 bits per heavy atom. The van der Waals surface area contributed by atoms with E-state index in [0.29, 0.717) is 0 Å². The summed E-state index contributed by atoms with van der Waals surface area (Å²) >= 11 is 0. The van der Waals surface area contributed by atoms with E-state index in [1.54, 1.807) is 0 Å². The molecule has 216 valence electrons. The van der Waals surface area contributed by atoms with Gasteiger partial charge < -0.3 is 9.32 Å². The highest BCUT2D eigenvalue weighted by atomic mass is 16.3. The third kappa shape index (κ3) is 4.33. The molecule has 0 saturated carbocycles. The Balaban J connectivity index is 1.30. The summed E-state index contributed by atoms with van der Waals surface area (Å²) in [6.07, 6.45) is 1.82. The summed E-state index contributed by atoms with van der Waals surface area (Å²) in [5.74, 6) is 0. The van der Waals surface area contributed by atoms with Gasteiger partial charge in [0.05, 0.1) is 11.2 Å². The quantitative estimate of drug-likeness (QED) is 0.200. The van der Waals surface area contributed by atoms with Gasteiger partial charge in [-0.2, -0.15) is 0 Å². The molecule has 3 nitrogen and oxygen atoms in total. The molecule has 0 N–H and O–H groups in total. The molecule has 2 aromatic heterocycles. The second kappa shape index (κ2) is 10.8. The van der Waals surface area contributed by atoms with E-state index in [4.69, 9.17) is 4.42 Å². The molecule has 0 saturated heterocycles. The molecule has 46 heavy (non-hydrogen) atoms. The van der Waals surface area contributed by atoms with Crippen molar-refractivity contribution >= 4 is 60.7 Å². The van der Waals surface area contributed by atoms with Crippen LogP contribution in [0.3, 0.4) is 0 Å². The van der Waals surface area contributed by atoms with Crippen LogP contribution in [0, 0.1) is 0 Å². The Morgan fingerprint density at radius 2 is 1.20 bits per heavy atom. The van der Waals surface area contributed by atoms with E-state index in [1.165, 1.54) is 33.0 Å². The van der Waals surface area contributed by atoms with E-state index in [0.717, 1.165) is 49.9 Å². The summed E-state index contributed by atoms with van der Waals surface area (Å²) in [5.41, 5.74) is 10.6. The number of fused-ring (bicyclic) bond motifs is 6. The van der Waals surface area contributed by atoms with Crippen molar-refractivity contribution in [2.75, 3.05) is 4.90 Å². The average Bonchev–Trinajstić information content (AvgIpc) is 3.51. The minimum Gasteiger partial charge on any atom is -0.455 e. The van der Waals surface area contributed by atoms with Crippen LogP contribution in [0.5, 0.6) is 0 Å². The normalized spacial score (nSPS) is 11.5. The lowest BCUT2D eigenvalue weighted by Crippen LogP contribution is -2.11. The van der Waals surface area contributed by atoms with Gasteiger partial charge in [-0.1, -0.05) is 103 Å². The molecule has 0 amide bonds. The highest BCUT2D eigenvalue weighted by Crippen LogP contribution is 2.45. The summed E-state index contributed by atoms with van der Waals surface area (Å²) in [6.45, 7) is 0. The molecule has 0 bridgehead atoms. The number of hydrogen-bond donors (Lipinski definition) is 0. The monoisotopic (exact) mass is 588 g/mol. The van der Waals surface area contributed by atoms with E-state index >= 15 is 0 Å². The van der Waals surface area contributed by atoms with Crippen LogP contribution in [0.4, 0.5) is 17.1 Å². The van der Waals surface area contributed by atoms with Gasteiger partial charge >= 0.3 is 0 Å². The first-order chi connectivity index (χ1) is 22.8. The Hall–Kier alpha value is -6.19. The second-order valence-electron chi connectivity index (χ2n) is 11.6. The van der Waals surface area contributed by atoms with Crippen molar-refractivity contribution in [1.29, 1.82) is 0 Å². The van der Waals surface area contributed by atoms with Gasteiger partial charge in [0, 0.05) is 39.3 Å². The van der Waals surface area contributed by atoms with Crippen LogP contribution in [0.2, 0.25) is 0 Å². The lowest BCUT2D eigenvalue weighted by molar-refractivity contribution is 0.672. The fourth-order valence-electron chi connectivity index (χ4n) is 6.75. The molecule has 2 heterocycles. The van der Waals surface area contributed by atoms with Crippen LogP contribution in [-0.4, -0.2) is 4.98 Å². The smallest absolute Gasteiger partial charge is 0.144 e. The van der Waals surface area contributed by atoms with Gasteiger partial charge in [-0.25, -0.2) is 0 Å². The molecule has 3 heteroatoms. The van der Waals surface area contributed by atoms with Gasteiger partial charge in [0.15, 0.2) is 0 Å². The van der Waals surface area contributed by atoms with E-state index in [2.05, 4.69) is 168 Å². The van der Waals surface area contributed by atoms with Gasteiger partial charge in [0.25, 0.3) is 0 Å². The molecular formula is C43H28N2O. The number of furan rings is 1. The summed E-state index contributed by atoms with van der Waals surface area (Å²) in [6, 6.07) is 58.0. The summed E-state index contributed by atoms with van der Waals surface area (Å²) in [5, 5.41) is 5.63. The Morgan fingerprint density at radius 3 is 2.15 bits per heavy atom. The topological polar surface area (TPSA) is 29.3 Å². The Kier molecular flexibility index (Phi) is 6.14. The molecule has 9 rings (SSSR count). The number of para-hydroxylation sites is 1. The standard InChI is InChI=1S/C43H28N2O/c1-2-11-29(12-3-1)31-15-8-16-32(27-31)45(41-21-7-6-18-36(41)35-19-9-14-30-13-4-5-17-34(30)35)33-22-25-42-39(28-33)37-23-24-40-38(43(37)46-42)20-10-26-44-40/h1-28H. The molecule has 0 spiro atoms. The Labute approximate surface area is 266 Å². The molecule has 7 aromatic carbocycles. The predicted octanol–water partition coefficient (Wildman–Crippen LogP) is 12.1. The van der Waals surface area contributed by atoms with Crippen molar-refractivity contribution < 1.29 is 4.42 Å². The van der Waals surface area contributed by atoms with Crippen molar-refractivity contribution in [2.45, 2.75) is 0 Å². The third-order valence-corrected chi connectivity index (χ3v) is 8.90. The SMILES string of the molecule is c1ccc(-c2cccc(N(c3ccc4oc5c6cccnc6ccc5c4c3)c3ccccc3-c3cccc4ccccc34)c2)cc1. The maximum absolute atomic E-state index is 6.47. The van der Waals surface area contributed by atoms with Crippen LogP contribution >= 0.6 is 0 Å². The van der Waals surface area contributed by atoms with Crippen molar-refractivity contribution in [3.8, 4) is 22.3 Å². The van der Waals surface area contributed by atoms with Crippen LogP contribution in [0.15, 0.2) is 174 Å². The van der Waals surface area contributed by atoms with Crippen LogP contribution in [0.1, 0.15) is 0 Å².